The second-order valence-electron chi connectivity index (χ2n) is 7.41. The Morgan fingerprint density at radius 1 is 1.10 bits per heavy atom. The molecule has 4 heterocycles. The van der Waals surface area contributed by atoms with Crippen molar-refractivity contribution in [2.45, 2.75) is 25.1 Å². The lowest BCUT2D eigenvalue weighted by molar-refractivity contribution is -0.167. The lowest BCUT2D eigenvalue weighted by Crippen LogP contribution is -2.57. The third-order valence-corrected chi connectivity index (χ3v) is 6.60. The molecule has 0 saturated carbocycles. The molecule has 2 amide bonds. The van der Waals surface area contributed by atoms with Gasteiger partial charge in [-0.2, -0.15) is 13.2 Å². The highest BCUT2D eigenvalue weighted by Gasteiger charge is 2.38. The van der Waals surface area contributed by atoms with Crippen molar-refractivity contribution >= 4 is 28.8 Å². The van der Waals surface area contributed by atoms with E-state index in [1.165, 1.54) is 23.5 Å². The van der Waals surface area contributed by atoms with E-state index in [1.54, 1.807) is 24.3 Å². The third-order valence-electron chi connectivity index (χ3n) is 5.46. The molecule has 154 valence electrons. The molecule has 1 atom stereocenters. The van der Waals surface area contributed by atoms with Gasteiger partial charge in [-0.15, -0.1) is 11.3 Å². The van der Waals surface area contributed by atoms with Crippen molar-refractivity contribution in [2.75, 3.05) is 25.0 Å². The molecule has 3 aliphatic rings. The fourth-order valence-corrected chi connectivity index (χ4v) is 4.84. The summed E-state index contributed by atoms with van der Waals surface area (Å²) in [5, 5.41) is 4.98. The number of nitrogens with zero attached hydrogens (tertiary/aromatic N) is 1. The van der Waals surface area contributed by atoms with Crippen molar-refractivity contribution in [2.24, 2.45) is 5.92 Å². The number of hydrogen-bond acceptors (Lipinski definition) is 4. The summed E-state index contributed by atoms with van der Waals surface area (Å²) in [5.74, 6) is -1.61. The number of fused-ring (bicyclic) bond motifs is 3. The van der Waals surface area contributed by atoms with Crippen LogP contribution >= 0.6 is 11.3 Å². The highest BCUT2D eigenvalue weighted by atomic mass is 32.1. The molecular formula is C20H20F3N3O2S. The minimum absolute atomic E-state index is 0.0523. The topological polar surface area (TPSA) is 61.4 Å². The zero-order valence-electron chi connectivity index (χ0n) is 15.5. The molecule has 2 bridgehead atoms. The van der Waals surface area contributed by atoms with Gasteiger partial charge in [-0.05, 0) is 61.7 Å². The Morgan fingerprint density at radius 3 is 2.52 bits per heavy atom. The van der Waals surface area contributed by atoms with E-state index in [-0.39, 0.29) is 17.6 Å². The summed E-state index contributed by atoms with van der Waals surface area (Å²) in [6, 6.07) is 9.79. The zero-order chi connectivity index (χ0) is 20.6. The van der Waals surface area contributed by atoms with Crippen LogP contribution in [-0.2, 0) is 4.79 Å². The number of carbonyl (C=O) groups excluding carboxylic acids is 2. The number of amides is 2. The Hall–Kier alpha value is -2.39. The van der Waals surface area contributed by atoms with Crippen molar-refractivity contribution in [3.8, 4) is 10.4 Å². The molecule has 3 fully saturated rings. The van der Waals surface area contributed by atoms with Crippen molar-refractivity contribution in [3.05, 3.63) is 41.3 Å². The van der Waals surface area contributed by atoms with E-state index >= 15 is 0 Å². The summed E-state index contributed by atoms with van der Waals surface area (Å²) < 4.78 is 37.3. The number of benzene rings is 1. The van der Waals surface area contributed by atoms with Crippen LogP contribution in [0.15, 0.2) is 36.4 Å². The molecule has 3 aliphatic heterocycles. The number of carbonyl (C=O) groups is 2. The van der Waals surface area contributed by atoms with Gasteiger partial charge in [0.1, 0.15) is 0 Å². The first kappa shape index (κ1) is 19.9. The van der Waals surface area contributed by atoms with Crippen LogP contribution in [0.5, 0.6) is 0 Å². The fraction of sp³-hybridized carbons (Fsp3) is 0.400. The number of thiophene rings is 1. The lowest BCUT2D eigenvalue weighted by atomic mass is 9.84. The Balaban J connectivity index is 1.44. The second-order valence-corrected chi connectivity index (χ2v) is 8.50. The van der Waals surface area contributed by atoms with Crippen LogP contribution in [-0.4, -0.2) is 48.6 Å². The summed E-state index contributed by atoms with van der Waals surface area (Å²) in [4.78, 5) is 27.5. The molecule has 5 nitrogen and oxygen atoms in total. The molecule has 5 rings (SSSR count). The molecule has 0 spiro atoms. The Morgan fingerprint density at radius 2 is 1.86 bits per heavy atom. The first-order valence-electron chi connectivity index (χ1n) is 9.41. The molecule has 1 aromatic carbocycles. The van der Waals surface area contributed by atoms with Crippen LogP contribution in [0.2, 0.25) is 0 Å². The van der Waals surface area contributed by atoms with Gasteiger partial charge in [0, 0.05) is 23.2 Å². The van der Waals surface area contributed by atoms with E-state index in [0.29, 0.717) is 16.4 Å². The average Bonchev–Trinajstić information content (AvgIpc) is 3.19. The van der Waals surface area contributed by atoms with Crippen LogP contribution in [0.1, 0.15) is 22.5 Å². The number of rotatable bonds is 4. The van der Waals surface area contributed by atoms with Gasteiger partial charge in [0.15, 0.2) is 0 Å². The van der Waals surface area contributed by atoms with Crippen LogP contribution in [0, 0.1) is 5.92 Å². The molecule has 0 radical (unpaired) electrons. The lowest BCUT2D eigenvalue weighted by Gasteiger charge is -2.44. The Bertz CT molecular complexity index is 920. The van der Waals surface area contributed by atoms with Crippen LogP contribution in [0.25, 0.3) is 10.4 Å². The summed E-state index contributed by atoms with van der Waals surface area (Å²) in [7, 11) is 0. The van der Waals surface area contributed by atoms with E-state index in [4.69, 9.17) is 0 Å². The maximum Gasteiger partial charge on any atom is 0.471 e. The third kappa shape index (κ3) is 4.45. The molecule has 2 N–H and O–H groups in total. The van der Waals surface area contributed by atoms with Gasteiger partial charge in [0.25, 0.3) is 5.91 Å². The molecule has 29 heavy (non-hydrogen) atoms. The van der Waals surface area contributed by atoms with Crippen molar-refractivity contribution < 1.29 is 22.8 Å². The molecule has 3 saturated heterocycles. The number of hydrogen-bond donors (Lipinski definition) is 2. The van der Waals surface area contributed by atoms with Gasteiger partial charge in [0.2, 0.25) is 0 Å². The van der Waals surface area contributed by atoms with Crippen molar-refractivity contribution in [1.29, 1.82) is 0 Å². The smallest absolute Gasteiger partial charge is 0.347 e. The van der Waals surface area contributed by atoms with Crippen LogP contribution < -0.4 is 10.6 Å². The van der Waals surface area contributed by atoms with Crippen LogP contribution in [0.4, 0.5) is 18.9 Å². The summed E-state index contributed by atoms with van der Waals surface area (Å²) >= 11 is 1.28. The number of alkyl halides is 3. The van der Waals surface area contributed by atoms with E-state index in [0.717, 1.165) is 37.4 Å². The highest BCUT2D eigenvalue weighted by molar-refractivity contribution is 7.17. The maximum atomic E-state index is 12.7. The zero-order valence-corrected chi connectivity index (χ0v) is 16.3. The standard InChI is InChI=1S/C20H20F3N3O2S/c21-20(22,23)19(28)24-14-3-1-2-13(10-14)16-4-5-17(29-16)18(27)25-15-11-26-8-6-12(15)7-9-26/h1-5,10,12,15H,6-9,11H2,(H,24,28)(H,25,27). The minimum atomic E-state index is -4.95. The minimum Gasteiger partial charge on any atom is -0.347 e. The first-order valence-corrected chi connectivity index (χ1v) is 10.2. The number of halogens is 3. The molecule has 9 heteroatoms. The number of piperidine rings is 3. The van der Waals surface area contributed by atoms with Gasteiger partial charge in [-0.1, -0.05) is 12.1 Å². The monoisotopic (exact) mass is 423 g/mol. The predicted octanol–water partition coefficient (Wildman–Crippen LogP) is 3.74. The first-order chi connectivity index (χ1) is 13.8. The van der Waals surface area contributed by atoms with E-state index in [1.807, 2.05) is 5.32 Å². The van der Waals surface area contributed by atoms with E-state index in [2.05, 4.69) is 10.2 Å². The maximum absolute atomic E-state index is 12.7. The van der Waals surface area contributed by atoms with Gasteiger partial charge >= 0.3 is 12.1 Å². The van der Waals surface area contributed by atoms with Gasteiger partial charge < -0.3 is 15.5 Å². The second kappa shape index (κ2) is 7.79. The molecule has 1 unspecified atom stereocenters. The molecule has 1 aromatic heterocycles. The molecule has 0 aliphatic carbocycles. The van der Waals surface area contributed by atoms with Crippen molar-refractivity contribution in [3.63, 3.8) is 0 Å². The van der Waals surface area contributed by atoms with Gasteiger partial charge in [-0.3, -0.25) is 9.59 Å². The Kier molecular flexibility index (Phi) is 5.35. The predicted molar refractivity (Wildman–Crippen MR) is 105 cm³/mol. The highest BCUT2D eigenvalue weighted by Crippen LogP contribution is 2.32. The summed E-state index contributed by atoms with van der Waals surface area (Å²) in [5.41, 5.74) is 0.688. The van der Waals surface area contributed by atoms with E-state index < -0.39 is 12.1 Å². The van der Waals surface area contributed by atoms with Crippen molar-refractivity contribution in [1.82, 2.24) is 10.2 Å². The molecule has 2 aromatic rings. The fourth-order valence-electron chi connectivity index (χ4n) is 3.94. The Labute approximate surface area is 169 Å². The molecular weight excluding hydrogens is 403 g/mol. The van der Waals surface area contributed by atoms with Gasteiger partial charge in [0.05, 0.1) is 4.88 Å². The average molecular weight is 423 g/mol. The normalized spacial score (nSPS) is 23.6. The SMILES string of the molecule is O=C(NC1CN2CCC1CC2)c1ccc(-c2cccc(NC(=O)C(F)(F)F)c2)s1. The number of nitrogens with one attached hydrogen (secondary N) is 2. The largest absolute Gasteiger partial charge is 0.471 e. The quantitative estimate of drug-likeness (QED) is 0.788. The number of anilines is 1. The van der Waals surface area contributed by atoms with Crippen LogP contribution in [0.3, 0.4) is 0 Å². The summed E-state index contributed by atoms with van der Waals surface area (Å²) in [6.45, 7) is 3.08. The summed E-state index contributed by atoms with van der Waals surface area (Å²) in [6.07, 6.45) is -2.73. The van der Waals surface area contributed by atoms with Gasteiger partial charge in [-0.25, -0.2) is 0 Å². The van der Waals surface area contributed by atoms with E-state index in [9.17, 15) is 22.8 Å².